The fourth-order valence-electron chi connectivity index (χ4n) is 2.86. The first-order valence-electron chi connectivity index (χ1n) is 9.55. The Morgan fingerprint density at radius 3 is 2.68 bits per heavy atom. The van der Waals surface area contributed by atoms with Crippen molar-refractivity contribution in [3.8, 4) is 0 Å². The smallest absolute Gasteiger partial charge is 0.254 e. The first-order chi connectivity index (χ1) is 12.2. The van der Waals surface area contributed by atoms with Gasteiger partial charge in [-0.05, 0) is 49.4 Å². The summed E-state index contributed by atoms with van der Waals surface area (Å²) in [5.74, 6) is 0.108. The average Bonchev–Trinajstić information content (AvgIpc) is 2.68. The summed E-state index contributed by atoms with van der Waals surface area (Å²) >= 11 is 3.45. The molecule has 0 radical (unpaired) electrons. The molecule has 0 aromatic heterocycles. The molecule has 5 heteroatoms. The summed E-state index contributed by atoms with van der Waals surface area (Å²) in [7, 11) is 0. The van der Waals surface area contributed by atoms with Gasteiger partial charge in [0.25, 0.3) is 5.91 Å². The summed E-state index contributed by atoms with van der Waals surface area (Å²) < 4.78 is 12.3. The van der Waals surface area contributed by atoms with E-state index in [1.807, 2.05) is 50.8 Å². The van der Waals surface area contributed by atoms with Crippen LogP contribution in [0.4, 0.5) is 0 Å². The standard InChI is InChI=1S/C16H20BrNO3.2C2H6/c17-13-4-5-14-12(11-13)6-7-18(16(14)19)8-10-21-15-3-1-2-9-20-15;2*1-2/h4-5,11,15H,1-3,6-10H2;2*1-2H3. The number of carbonyl (C=O) groups is 1. The predicted molar refractivity (Wildman–Crippen MR) is 106 cm³/mol. The molecule has 2 aliphatic heterocycles. The molecule has 1 aromatic rings. The van der Waals surface area contributed by atoms with Crippen LogP contribution in [-0.4, -0.2) is 43.4 Å². The van der Waals surface area contributed by atoms with Crippen LogP contribution in [0.1, 0.15) is 62.9 Å². The molecule has 1 aromatic carbocycles. The minimum atomic E-state index is -0.0816. The molecule has 1 fully saturated rings. The van der Waals surface area contributed by atoms with Gasteiger partial charge in [-0.3, -0.25) is 4.79 Å². The number of ether oxygens (including phenoxy) is 2. The van der Waals surface area contributed by atoms with E-state index in [2.05, 4.69) is 15.9 Å². The molecule has 0 bridgehead atoms. The van der Waals surface area contributed by atoms with Crippen LogP contribution in [0.5, 0.6) is 0 Å². The van der Waals surface area contributed by atoms with Gasteiger partial charge in [-0.25, -0.2) is 0 Å². The summed E-state index contributed by atoms with van der Waals surface area (Å²) in [5, 5.41) is 0. The zero-order valence-electron chi connectivity index (χ0n) is 16.0. The van der Waals surface area contributed by atoms with Gasteiger partial charge in [-0.15, -0.1) is 0 Å². The molecule has 1 saturated heterocycles. The largest absolute Gasteiger partial charge is 0.353 e. The Labute approximate surface area is 161 Å². The van der Waals surface area contributed by atoms with E-state index in [1.165, 1.54) is 0 Å². The van der Waals surface area contributed by atoms with E-state index in [4.69, 9.17) is 9.47 Å². The lowest BCUT2D eigenvalue weighted by Gasteiger charge is -2.30. The van der Waals surface area contributed by atoms with Crippen molar-refractivity contribution in [1.82, 2.24) is 4.90 Å². The first kappa shape index (κ1) is 22.1. The fourth-order valence-corrected chi connectivity index (χ4v) is 3.26. The van der Waals surface area contributed by atoms with Crippen LogP contribution in [0.3, 0.4) is 0 Å². The minimum Gasteiger partial charge on any atom is -0.353 e. The Morgan fingerprint density at radius 2 is 2.00 bits per heavy atom. The van der Waals surface area contributed by atoms with Gasteiger partial charge >= 0.3 is 0 Å². The van der Waals surface area contributed by atoms with E-state index in [1.54, 1.807) is 0 Å². The number of amides is 1. The van der Waals surface area contributed by atoms with Crippen LogP contribution in [-0.2, 0) is 15.9 Å². The molecule has 3 rings (SSSR count). The number of rotatable bonds is 4. The molecule has 25 heavy (non-hydrogen) atoms. The highest BCUT2D eigenvalue weighted by Gasteiger charge is 2.24. The van der Waals surface area contributed by atoms with Crippen molar-refractivity contribution in [1.29, 1.82) is 0 Å². The second-order valence-electron chi connectivity index (χ2n) is 5.51. The lowest BCUT2D eigenvalue weighted by atomic mass is 9.99. The number of fused-ring (bicyclic) bond motifs is 1. The number of halogens is 1. The van der Waals surface area contributed by atoms with Crippen molar-refractivity contribution in [2.75, 3.05) is 26.3 Å². The maximum Gasteiger partial charge on any atom is 0.254 e. The molecular formula is C20H32BrNO3. The van der Waals surface area contributed by atoms with Gasteiger partial charge in [0.05, 0.1) is 6.61 Å². The summed E-state index contributed by atoms with van der Waals surface area (Å²) in [6.07, 6.45) is 4.07. The second kappa shape index (κ2) is 12.4. The summed E-state index contributed by atoms with van der Waals surface area (Å²) in [6, 6.07) is 5.86. The van der Waals surface area contributed by atoms with Gasteiger partial charge in [0.2, 0.25) is 0 Å². The van der Waals surface area contributed by atoms with Crippen molar-refractivity contribution in [2.24, 2.45) is 0 Å². The maximum absolute atomic E-state index is 12.4. The molecule has 0 saturated carbocycles. The Kier molecular flexibility index (Phi) is 11.0. The van der Waals surface area contributed by atoms with Gasteiger partial charge in [0.1, 0.15) is 0 Å². The number of hydrogen-bond donors (Lipinski definition) is 0. The summed E-state index contributed by atoms with van der Waals surface area (Å²) in [5.41, 5.74) is 1.94. The van der Waals surface area contributed by atoms with Gasteiger partial charge in [-0.2, -0.15) is 0 Å². The van der Waals surface area contributed by atoms with Gasteiger partial charge in [0, 0.05) is 29.7 Å². The number of nitrogens with zero attached hydrogens (tertiary/aromatic N) is 1. The van der Waals surface area contributed by atoms with Crippen LogP contribution < -0.4 is 0 Å². The third-order valence-electron chi connectivity index (χ3n) is 4.04. The molecular weight excluding hydrogens is 382 g/mol. The van der Waals surface area contributed by atoms with E-state index in [0.717, 1.165) is 54.4 Å². The predicted octanol–water partition coefficient (Wildman–Crippen LogP) is 5.04. The average molecular weight is 414 g/mol. The van der Waals surface area contributed by atoms with Crippen LogP contribution in [0.25, 0.3) is 0 Å². The molecule has 2 heterocycles. The maximum atomic E-state index is 12.4. The minimum absolute atomic E-state index is 0.0816. The zero-order chi connectivity index (χ0) is 18.7. The van der Waals surface area contributed by atoms with E-state index < -0.39 is 0 Å². The quantitative estimate of drug-likeness (QED) is 0.693. The first-order valence-corrected chi connectivity index (χ1v) is 10.3. The third kappa shape index (κ3) is 6.72. The van der Waals surface area contributed by atoms with Crippen molar-refractivity contribution in [2.45, 2.75) is 59.7 Å². The van der Waals surface area contributed by atoms with Crippen LogP contribution in [0, 0.1) is 0 Å². The number of benzene rings is 1. The molecule has 142 valence electrons. The highest BCUT2D eigenvalue weighted by molar-refractivity contribution is 9.10. The van der Waals surface area contributed by atoms with E-state index in [0.29, 0.717) is 13.2 Å². The Morgan fingerprint density at radius 1 is 1.24 bits per heavy atom. The summed E-state index contributed by atoms with van der Waals surface area (Å²) in [6.45, 7) is 10.7. The highest BCUT2D eigenvalue weighted by atomic mass is 79.9. The molecule has 0 spiro atoms. The lowest BCUT2D eigenvalue weighted by molar-refractivity contribution is -0.163. The molecule has 1 atom stereocenters. The monoisotopic (exact) mass is 413 g/mol. The molecule has 1 amide bonds. The van der Waals surface area contributed by atoms with Gasteiger partial charge < -0.3 is 14.4 Å². The molecule has 1 unspecified atom stereocenters. The molecule has 2 aliphatic rings. The van der Waals surface area contributed by atoms with Crippen molar-refractivity contribution >= 4 is 21.8 Å². The van der Waals surface area contributed by atoms with E-state index >= 15 is 0 Å². The second-order valence-corrected chi connectivity index (χ2v) is 6.43. The van der Waals surface area contributed by atoms with Crippen molar-refractivity contribution in [3.05, 3.63) is 33.8 Å². The number of hydrogen-bond acceptors (Lipinski definition) is 3. The third-order valence-corrected chi connectivity index (χ3v) is 4.53. The van der Waals surface area contributed by atoms with Crippen molar-refractivity contribution < 1.29 is 14.3 Å². The topological polar surface area (TPSA) is 38.8 Å². The number of carbonyl (C=O) groups excluding carboxylic acids is 1. The van der Waals surface area contributed by atoms with Crippen LogP contribution >= 0.6 is 15.9 Å². The molecule has 0 aliphatic carbocycles. The normalized spacial score (nSPS) is 19.2. The van der Waals surface area contributed by atoms with Crippen LogP contribution in [0.15, 0.2) is 22.7 Å². The SMILES string of the molecule is CC.CC.O=C1c2ccc(Br)cc2CCN1CCOC1CCCCO1. The zero-order valence-corrected chi connectivity index (χ0v) is 17.6. The Bertz CT molecular complexity index is 516. The fraction of sp³-hybridized carbons (Fsp3) is 0.650. The van der Waals surface area contributed by atoms with Crippen LogP contribution in [0.2, 0.25) is 0 Å². The molecule has 0 N–H and O–H groups in total. The van der Waals surface area contributed by atoms with Gasteiger partial charge in [-0.1, -0.05) is 43.6 Å². The van der Waals surface area contributed by atoms with E-state index in [-0.39, 0.29) is 12.2 Å². The van der Waals surface area contributed by atoms with Crippen molar-refractivity contribution in [3.63, 3.8) is 0 Å². The molecule has 4 nitrogen and oxygen atoms in total. The van der Waals surface area contributed by atoms with E-state index in [9.17, 15) is 4.79 Å². The van der Waals surface area contributed by atoms with Gasteiger partial charge in [0.15, 0.2) is 6.29 Å². The Hall–Kier alpha value is -0.910. The lowest BCUT2D eigenvalue weighted by Crippen LogP contribution is -2.40. The Balaban J connectivity index is 0.000000730. The highest BCUT2D eigenvalue weighted by Crippen LogP contribution is 2.23. The summed E-state index contributed by atoms with van der Waals surface area (Å²) in [4.78, 5) is 14.3.